The molecule has 0 bridgehead atoms. The molecule has 86 valence electrons. The monoisotopic (exact) mass is 222 g/mol. The second-order valence-electron chi connectivity index (χ2n) is 3.51. The maximum Gasteiger partial charge on any atom is 0.345 e. The zero-order chi connectivity index (χ0) is 12.0. The molecule has 1 atom stereocenters. The number of benzene rings is 1. The number of carbonyl (C=O) groups excluding carboxylic acids is 1. The van der Waals surface area contributed by atoms with Crippen molar-refractivity contribution in [1.29, 1.82) is 0 Å². The van der Waals surface area contributed by atoms with Gasteiger partial charge in [0.25, 0.3) is 0 Å². The lowest BCUT2D eigenvalue weighted by Gasteiger charge is -1.99. The molecule has 1 saturated heterocycles. The molecule has 2 rings (SSSR count). The third-order valence-corrected chi connectivity index (χ3v) is 2.10. The van der Waals surface area contributed by atoms with Gasteiger partial charge in [0.15, 0.2) is 6.10 Å². The van der Waals surface area contributed by atoms with Crippen LogP contribution >= 0.6 is 0 Å². The minimum Gasteiger partial charge on any atom is -0.479 e. The third-order valence-electron chi connectivity index (χ3n) is 2.10. The number of aryl methyl sites for hydroxylation is 1. The maximum absolute atomic E-state index is 10.3. The first-order chi connectivity index (χ1) is 7.59. The highest BCUT2D eigenvalue weighted by molar-refractivity contribution is 5.81. The van der Waals surface area contributed by atoms with Crippen LogP contribution in [0.25, 0.3) is 0 Å². The summed E-state index contributed by atoms with van der Waals surface area (Å²) in [4.78, 5) is 20.3. The summed E-state index contributed by atoms with van der Waals surface area (Å²) in [5.74, 6) is -1.47. The smallest absolute Gasteiger partial charge is 0.345 e. The first kappa shape index (κ1) is 12.2. The molecular formula is C12H14O4. The molecule has 4 heteroatoms. The Bertz CT molecular complexity index is 359. The van der Waals surface area contributed by atoms with Crippen LogP contribution in [0.15, 0.2) is 30.3 Å². The SMILES string of the molecule is Cc1ccccc1.O=C1CCC(C(=O)O)O1. The summed E-state index contributed by atoms with van der Waals surface area (Å²) in [6, 6.07) is 10.3. The standard InChI is InChI=1S/C7H8.C5H6O4/c1-7-5-3-2-4-6-7;6-4-2-1-3(9-4)5(7)8/h2-6H,1H3;3H,1-2H2,(H,7,8). The predicted molar refractivity (Wildman–Crippen MR) is 57.9 cm³/mol. The van der Waals surface area contributed by atoms with Crippen molar-refractivity contribution in [3.8, 4) is 0 Å². The summed E-state index contributed by atoms with van der Waals surface area (Å²) < 4.78 is 4.38. The van der Waals surface area contributed by atoms with E-state index in [2.05, 4.69) is 23.8 Å². The van der Waals surface area contributed by atoms with Gasteiger partial charge in [-0.15, -0.1) is 0 Å². The highest BCUT2D eigenvalue weighted by Crippen LogP contribution is 2.12. The first-order valence-electron chi connectivity index (χ1n) is 5.03. The molecule has 0 aliphatic carbocycles. The van der Waals surface area contributed by atoms with Gasteiger partial charge in [0.05, 0.1) is 0 Å². The average molecular weight is 222 g/mol. The van der Waals surface area contributed by atoms with Crippen LogP contribution in [0.3, 0.4) is 0 Å². The summed E-state index contributed by atoms with van der Waals surface area (Å²) >= 11 is 0. The van der Waals surface area contributed by atoms with E-state index in [4.69, 9.17) is 5.11 Å². The Balaban J connectivity index is 0.000000165. The van der Waals surface area contributed by atoms with Gasteiger partial charge in [-0.05, 0) is 6.92 Å². The van der Waals surface area contributed by atoms with E-state index in [-0.39, 0.29) is 6.42 Å². The topological polar surface area (TPSA) is 63.6 Å². The van der Waals surface area contributed by atoms with Gasteiger partial charge in [0.1, 0.15) is 0 Å². The Hall–Kier alpha value is -1.84. The molecular weight excluding hydrogens is 208 g/mol. The quantitative estimate of drug-likeness (QED) is 0.735. The number of carboxylic acid groups (broad SMARTS) is 1. The average Bonchev–Trinajstić information content (AvgIpc) is 2.67. The van der Waals surface area contributed by atoms with Crippen LogP contribution in [0.1, 0.15) is 18.4 Å². The minimum atomic E-state index is -1.05. The molecule has 4 nitrogen and oxygen atoms in total. The Morgan fingerprint density at radius 1 is 1.38 bits per heavy atom. The number of hydrogen-bond donors (Lipinski definition) is 1. The number of aliphatic carboxylic acids is 1. The summed E-state index contributed by atoms with van der Waals surface area (Å²) in [5, 5.41) is 8.25. The molecule has 0 spiro atoms. The van der Waals surface area contributed by atoms with Gasteiger partial charge in [0.2, 0.25) is 0 Å². The van der Waals surface area contributed by atoms with Crippen molar-refractivity contribution in [3.05, 3.63) is 35.9 Å². The van der Waals surface area contributed by atoms with E-state index in [1.54, 1.807) is 0 Å². The van der Waals surface area contributed by atoms with Gasteiger partial charge in [0, 0.05) is 12.8 Å². The molecule has 0 aromatic heterocycles. The van der Waals surface area contributed by atoms with Crippen LogP contribution in [-0.2, 0) is 14.3 Å². The van der Waals surface area contributed by atoms with E-state index in [0.717, 1.165) is 0 Å². The Labute approximate surface area is 93.9 Å². The molecule has 1 aliphatic rings. The molecule has 1 aromatic rings. The van der Waals surface area contributed by atoms with E-state index in [0.29, 0.717) is 6.42 Å². The molecule has 0 saturated carbocycles. The number of rotatable bonds is 1. The van der Waals surface area contributed by atoms with Crippen molar-refractivity contribution in [2.75, 3.05) is 0 Å². The van der Waals surface area contributed by atoms with E-state index >= 15 is 0 Å². The highest BCUT2D eigenvalue weighted by Gasteiger charge is 2.28. The first-order valence-corrected chi connectivity index (χ1v) is 5.03. The van der Waals surface area contributed by atoms with Gasteiger partial charge in [-0.3, -0.25) is 4.79 Å². The lowest BCUT2D eigenvalue weighted by Crippen LogP contribution is -2.18. The summed E-state index contributed by atoms with van der Waals surface area (Å²) in [6.45, 7) is 2.08. The second-order valence-corrected chi connectivity index (χ2v) is 3.51. The Morgan fingerprint density at radius 3 is 2.25 bits per heavy atom. The summed E-state index contributed by atoms with van der Waals surface area (Å²) in [5.41, 5.74) is 1.32. The zero-order valence-corrected chi connectivity index (χ0v) is 9.05. The zero-order valence-electron chi connectivity index (χ0n) is 9.05. The third kappa shape index (κ3) is 4.13. The summed E-state index contributed by atoms with van der Waals surface area (Å²) in [6.07, 6.45) is -0.344. The van der Waals surface area contributed by atoms with Crippen molar-refractivity contribution in [2.45, 2.75) is 25.9 Å². The number of esters is 1. The van der Waals surface area contributed by atoms with Crippen LogP contribution in [0.4, 0.5) is 0 Å². The predicted octanol–water partition coefficient (Wildman–Crippen LogP) is 1.77. The fraction of sp³-hybridized carbons (Fsp3) is 0.333. The lowest BCUT2D eigenvalue weighted by atomic mass is 10.2. The molecule has 0 amide bonds. The summed E-state index contributed by atoms with van der Waals surface area (Å²) in [7, 11) is 0. The fourth-order valence-corrected chi connectivity index (χ4v) is 1.23. The van der Waals surface area contributed by atoms with Crippen LogP contribution < -0.4 is 0 Å². The van der Waals surface area contributed by atoms with E-state index in [1.165, 1.54) is 5.56 Å². The van der Waals surface area contributed by atoms with Crippen molar-refractivity contribution in [1.82, 2.24) is 0 Å². The van der Waals surface area contributed by atoms with Crippen LogP contribution in [-0.4, -0.2) is 23.1 Å². The van der Waals surface area contributed by atoms with Crippen LogP contribution in [0.2, 0.25) is 0 Å². The molecule has 1 fully saturated rings. The lowest BCUT2D eigenvalue weighted by molar-refractivity contribution is -0.156. The van der Waals surface area contributed by atoms with Gasteiger partial charge in [-0.2, -0.15) is 0 Å². The minimum absolute atomic E-state index is 0.233. The van der Waals surface area contributed by atoms with Gasteiger partial charge in [-0.1, -0.05) is 35.9 Å². The maximum atomic E-state index is 10.3. The molecule has 1 aliphatic heterocycles. The van der Waals surface area contributed by atoms with E-state index in [9.17, 15) is 9.59 Å². The second kappa shape index (κ2) is 5.90. The van der Waals surface area contributed by atoms with E-state index in [1.807, 2.05) is 18.2 Å². The van der Waals surface area contributed by atoms with Crippen molar-refractivity contribution in [2.24, 2.45) is 0 Å². The molecule has 1 aromatic carbocycles. The van der Waals surface area contributed by atoms with Gasteiger partial charge in [-0.25, -0.2) is 4.79 Å². The molecule has 1 unspecified atom stereocenters. The van der Waals surface area contributed by atoms with Crippen LogP contribution in [0, 0.1) is 6.92 Å². The van der Waals surface area contributed by atoms with Crippen molar-refractivity contribution < 1.29 is 19.4 Å². The van der Waals surface area contributed by atoms with Crippen molar-refractivity contribution >= 4 is 11.9 Å². The Morgan fingerprint density at radius 2 is 2.00 bits per heavy atom. The normalized spacial score (nSPS) is 18.3. The number of hydrogen-bond acceptors (Lipinski definition) is 3. The molecule has 16 heavy (non-hydrogen) atoms. The number of ether oxygens (including phenoxy) is 1. The number of carbonyl (C=O) groups is 2. The number of carboxylic acids is 1. The molecule has 0 radical (unpaired) electrons. The van der Waals surface area contributed by atoms with Gasteiger partial charge >= 0.3 is 11.9 Å². The number of cyclic esters (lactones) is 1. The van der Waals surface area contributed by atoms with Crippen molar-refractivity contribution in [3.63, 3.8) is 0 Å². The highest BCUT2D eigenvalue weighted by atomic mass is 16.6. The fourth-order valence-electron chi connectivity index (χ4n) is 1.23. The molecule has 1 N–H and O–H groups in total. The largest absolute Gasteiger partial charge is 0.479 e. The van der Waals surface area contributed by atoms with Gasteiger partial charge < -0.3 is 9.84 Å². The molecule has 1 heterocycles. The Kier molecular flexibility index (Phi) is 4.51. The van der Waals surface area contributed by atoms with Crippen LogP contribution in [0.5, 0.6) is 0 Å². The van der Waals surface area contributed by atoms with E-state index < -0.39 is 18.0 Å².